The average molecular weight is 503 g/mol. The van der Waals surface area contributed by atoms with Crippen LogP contribution in [0.1, 0.15) is 206 Å². The molecule has 1 heterocycles. The molecular formula is C34H66N2. The van der Waals surface area contributed by atoms with Gasteiger partial charge in [0, 0.05) is 24.4 Å². The molecule has 1 aromatic rings. The largest absolute Gasteiger partial charge is 0.332 e. The van der Waals surface area contributed by atoms with Gasteiger partial charge < -0.3 is 4.57 Å². The smallest absolute Gasteiger partial charge is 0.111 e. The van der Waals surface area contributed by atoms with Crippen molar-refractivity contribution in [1.82, 2.24) is 9.55 Å². The Morgan fingerprint density at radius 1 is 0.528 bits per heavy atom. The molecular weight excluding hydrogens is 436 g/mol. The topological polar surface area (TPSA) is 17.8 Å². The number of unbranched alkanes of at least 4 members (excludes halogenated alkanes) is 19. The first kappa shape index (κ1) is 33.2. The molecule has 0 radical (unpaired) electrons. The molecule has 1 aromatic heterocycles. The Kier molecular flexibility index (Phi) is 22.7. The summed E-state index contributed by atoms with van der Waals surface area (Å²) >= 11 is 0. The standard InChI is InChI=1S/C34H66N2/c1-5-8-11-13-14-15-16-17-18-19-20-21-23-26-29-33(28-24-10-7-3)34-35-30-31-36(34)32(4)27-25-22-12-9-6-2/h30-33H,5-29H2,1-4H3. The van der Waals surface area contributed by atoms with Crippen LogP contribution in [0, 0.1) is 0 Å². The molecule has 0 aliphatic heterocycles. The van der Waals surface area contributed by atoms with Crippen molar-refractivity contribution >= 4 is 0 Å². The minimum Gasteiger partial charge on any atom is -0.332 e. The zero-order valence-electron chi connectivity index (χ0n) is 25.4. The number of nitrogens with zero attached hydrogens (tertiary/aromatic N) is 2. The Hall–Kier alpha value is -0.790. The van der Waals surface area contributed by atoms with E-state index in [1.54, 1.807) is 0 Å². The second-order valence-electron chi connectivity index (χ2n) is 11.8. The van der Waals surface area contributed by atoms with Crippen LogP contribution >= 0.6 is 0 Å². The summed E-state index contributed by atoms with van der Waals surface area (Å²) in [5, 5.41) is 0. The van der Waals surface area contributed by atoms with Gasteiger partial charge in [-0.05, 0) is 26.2 Å². The van der Waals surface area contributed by atoms with Crippen molar-refractivity contribution < 1.29 is 0 Å². The Morgan fingerprint density at radius 2 is 0.889 bits per heavy atom. The first-order valence-corrected chi connectivity index (χ1v) is 16.8. The molecule has 0 spiro atoms. The van der Waals surface area contributed by atoms with Gasteiger partial charge in [-0.15, -0.1) is 0 Å². The lowest BCUT2D eigenvalue weighted by atomic mass is 9.93. The second kappa shape index (κ2) is 24.5. The van der Waals surface area contributed by atoms with Crippen molar-refractivity contribution in [3.05, 3.63) is 18.2 Å². The third-order valence-electron chi connectivity index (χ3n) is 8.33. The maximum Gasteiger partial charge on any atom is 0.111 e. The molecule has 0 fully saturated rings. The summed E-state index contributed by atoms with van der Waals surface area (Å²) in [6.45, 7) is 9.35. The van der Waals surface area contributed by atoms with E-state index in [2.05, 4.69) is 44.7 Å². The maximum absolute atomic E-state index is 4.92. The molecule has 36 heavy (non-hydrogen) atoms. The van der Waals surface area contributed by atoms with E-state index < -0.39 is 0 Å². The molecule has 0 bridgehead atoms. The van der Waals surface area contributed by atoms with E-state index in [-0.39, 0.29) is 0 Å². The number of aromatic nitrogens is 2. The molecule has 1 rings (SSSR count). The number of imidazole rings is 1. The number of hydrogen-bond acceptors (Lipinski definition) is 1. The van der Waals surface area contributed by atoms with E-state index in [9.17, 15) is 0 Å². The molecule has 2 atom stereocenters. The molecule has 0 aliphatic rings. The van der Waals surface area contributed by atoms with E-state index in [4.69, 9.17) is 4.98 Å². The highest BCUT2D eigenvalue weighted by Gasteiger charge is 2.19. The van der Waals surface area contributed by atoms with Gasteiger partial charge in [0.05, 0.1) is 0 Å². The van der Waals surface area contributed by atoms with Crippen LogP contribution < -0.4 is 0 Å². The molecule has 0 amide bonds. The first-order valence-electron chi connectivity index (χ1n) is 16.8. The van der Waals surface area contributed by atoms with Gasteiger partial charge in [-0.25, -0.2) is 4.98 Å². The fourth-order valence-electron chi connectivity index (χ4n) is 5.82. The number of hydrogen-bond donors (Lipinski definition) is 0. The van der Waals surface area contributed by atoms with Crippen LogP contribution in [0.2, 0.25) is 0 Å². The molecule has 0 aliphatic carbocycles. The molecule has 2 unspecified atom stereocenters. The molecule has 0 N–H and O–H groups in total. The van der Waals surface area contributed by atoms with Crippen LogP contribution in [0.25, 0.3) is 0 Å². The van der Waals surface area contributed by atoms with Gasteiger partial charge in [0.15, 0.2) is 0 Å². The Bertz CT molecular complexity index is 563. The molecule has 2 heteroatoms. The van der Waals surface area contributed by atoms with E-state index >= 15 is 0 Å². The van der Waals surface area contributed by atoms with Crippen LogP contribution in [0.3, 0.4) is 0 Å². The normalized spacial score (nSPS) is 13.3. The zero-order valence-corrected chi connectivity index (χ0v) is 25.4. The lowest BCUT2D eigenvalue weighted by molar-refractivity contribution is 0.414. The second-order valence-corrected chi connectivity index (χ2v) is 11.8. The van der Waals surface area contributed by atoms with Crippen LogP contribution in [0.15, 0.2) is 12.4 Å². The van der Waals surface area contributed by atoms with Crippen LogP contribution in [-0.2, 0) is 0 Å². The van der Waals surface area contributed by atoms with Gasteiger partial charge in [0.25, 0.3) is 0 Å². The SMILES string of the molecule is CCCCCCCCCCCCCCCCC(CCCCC)c1nccn1C(C)CCCCCCC. The van der Waals surface area contributed by atoms with Gasteiger partial charge in [-0.1, -0.05) is 162 Å². The Balaban J connectivity index is 2.27. The summed E-state index contributed by atoms with van der Waals surface area (Å²) in [5.74, 6) is 2.05. The fourth-order valence-corrected chi connectivity index (χ4v) is 5.82. The molecule has 2 nitrogen and oxygen atoms in total. The maximum atomic E-state index is 4.92. The number of rotatable bonds is 27. The van der Waals surface area contributed by atoms with E-state index in [1.807, 2.05) is 0 Å². The lowest BCUT2D eigenvalue weighted by Crippen LogP contribution is -2.13. The highest BCUT2D eigenvalue weighted by atomic mass is 15.1. The Labute approximate surface area is 227 Å². The third kappa shape index (κ3) is 16.9. The zero-order chi connectivity index (χ0) is 26.1. The minimum absolute atomic E-state index is 0.592. The van der Waals surface area contributed by atoms with E-state index in [0.717, 1.165) is 0 Å². The summed E-state index contributed by atoms with van der Waals surface area (Å²) in [6.07, 6.45) is 39.4. The highest BCUT2D eigenvalue weighted by molar-refractivity contribution is 5.02. The van der Waals surface area contributed by atoms with Gasteiger partial charge >= 0.3 is 0 Å². The van der Waals surface area contributed by atoms with Crippen molar-refractivity contribution in [3.8, 4) is 0 Å². The van der Waals surface area contributed by atoms with Crippen molar-refractivity contribution in [3.63, 3.8) is 0 Å². The van der Waals surface area contributed by atoms with E-state index in [1.165, 1.54) is 166 Å². The summed E-state index contributed by atoms with van der Waals surface area (Å²) in [6, 6.07) is 0.592. The highest BCUT2D eigenvalue weighted by Crippen LogP contribution is 2.30. The third-order valence-corrected chi connectivity index (χ3v) is 8.33. The van der Waals surface area contributed by atoms with Crippen LogP contribution in [0.4, 0.5) is 0 Å². The monoisotopic (exact) mass is 503 g/mol. The van der Waals surface area contributed by atoms with Crippen LogP contribution in [0.5, 0.6) is 0 Å². The molecule has 0 aromatic carbocycles. The quantitative estimate of drug-likeness (QED) is 0.109. The van der Waals surface area contributed by atoms with Crippen molar-refractivity contribution in [2.75, 3.05) is 0 Å². The Morgan fingerprint density at radius 3 is 1.36 bits per heavy atom. The summed E-state index contributed by atoms with van der Waals surface area (Å²) in [4.78, 5) is 4.92. The lowest BCUT2D eigenvalue weighted by Gasteiger charge is -2.22. The van der Waals surface area contributed by atoms with Gasteiger partial charge in [0.2, 0.25) is 0 Å². The molecule has 0 saturated heterocycles. The minimum atomic E-state index is 0.592. The molecule has 0 saturated carbocycles. The van der Waals surface area contributed by atoms with Crippen molar-refractivity contribution in [2.24, 2.45) is 0 Å². The summed E-state index contributed by atoms with van der Waals surface area (Å²) in [5.41, 5.74) is 0. The van der Waals surface area contributed by atoms with Crippen LogP contribution in [-0.4, -0.2) is 9.55 Å². The predicted molar refractivity (Wildman–Crippen MR) is 162 cm³/mol. The fraction of sp³-hybridized carbons (Fsp3) is 0.912. The van der Waals surface area contributed by atoms with Gasteiger partial charge in [-0.2, -0.15) is 0 Å². The van der Waals surface area contributed by atoms with E-state index in [0.29, 0.717) is 12.0 Å². The average Bonchev–Trinajstić information content (AvgIpc) is 3.37. The summed E-state index contributed by atoms with van der Waals surface area (Å²) < 4.78 is 2.54. The molecule has 212 valence electrons. The predicted octanol–water partition coefficient (Wildman–Crippen LogP) is 12.3. The van der Waals surface area contributed by atoms with Gasteiger partial charge in [0.1, 0.15) is 5.82 Å². The summed E-state index contributed by atoms with van der Waals surface area (Å²) in [7, 11) is 0. The van der Waals surface area contributed by atoms with Gasteiger partial charge in [-0.3, -0.25) is 0 Å². The first-order chi connectivity index (χ1) is 17.7. The van der Waals surface area contributed by atoms with Crippen molar-refractivity contribution in [1.29, 1.82) is 0 Å². The van der Waals surface area contributed by atoms with Crippen molar-refractivity contribution in [2.45, 2.75) is 200 Å².